The zero-order chi connectivity index (χ0) is 14.5. The smallest absolute Gasteiger partial charge is 0.229 e. The third kappa shape index (κ3) is 3.56. The van der Waals surface area contributed by atoms with Crippen LogP contribution in [0, 0.1) is 11.8 Å². The lowest BCUT2D eigenvalue weighted by molar-refractivity contribution is -0.120. The van der Waals surface area contributed by atoms with Crippen LogP contribution in [0.15, 0.2) is 24.3 Å². The number of nitrogens with two attached hydrogens (primary N) is 1. The molecule has 1 aromatic rings. The van der Waals surface area contributed by atoms with Gasteiger partial charge in [0, 0.05) is 17.8 Å². The molecule has 1 aromatic carbocycles. The summed E-state index contributed by atoms with van der Waals surface area (Å²) in [6.45, 7) is 5.53. The monoisotopic (exact) mass is 278 g/mol. The number of ether oxygens (including phenoxy) is 2. The standard InChI is InChI=1S/C15H22N2O3/c1-10(2)13(9-16)14(18)17-12-5-3-4-11(8-12)15-19-6-7-20-15/h3-5,8,10,13,15H,6-7,9,16H2,1-2H3,(H,17,18). The second kappa shape index (κ2) is 6.83. The van der Waals surface area contributed by atoms with Crippen LogP contribution in [0.3, 0.4) is 0 Å². The topological polar surface area (TPSA) is 73.6 Å². The maximum Gasteiger partial charge on any atom is 0.229 e. The molecular formula is C15H22N2O3. The summed E-state index contributed by atoms with van der Waals surface area (Å²) in [5, 5.41) is 2.91. The molecule has 1 heterocycles. The van der Waals surface area contributed by atoms with E-state index in [0.717, 1.165) is 11.3 Å². The van der Waals surface area contributed by atoms with Gasteiger partial charge in [-0.15, -0.1) is 0 Å². The van der Waals surface area contributed by atoms with Gasteiger partial charge in [0.2, 0.25) is 5.91 Å². The quantitative estimate of drug-likeness (QED) is 0.862. The zero-order valence-electron chi connectivity index (χ0n) is 12.0. The highest BCUT2D eigenvalue weighted by Crippen LogP contribution is 2.25. The number of nitrogens with one attached hydrogen (secondary N) is 1. The molecule has 1 unspecified atom stereocenters. The lowest BCUT2D eigenvalue weighted by Gasteiger charge is -2.19. The minimum absolute atomic E-state index is 0.0482. The summed E-state index contributed by atoms with van der Waals surface area (Å²) in [6.07, 6.45) is -0.331. The molecule has 0 spiro atoms. The van der Waals surface area contributed by atoms with E-state index in [9.17, 15) is 4.79 Å². The Hall–Kier alpha value is -1.43. The van der Waals surface area contributed by atoms with Crippen molar-refractivity contribution in [2.75, 3.05) is 25.1 Å². The molecule has 1 atom stereocenters. The van der Waals surface area contributed by atoms with Gasteiger partial charge >= 0.3 is 0 Å². The highest BCUT2D eigenvalue weighted by atomic mass is 16.7. The van der Waals surface area contributed by atoms with Gasteiger partial charge in [0.1, 0.15) is 0 Å². The van der Waals surface area contributed by atoms with Gasteiger partial charge in [-0.1, -0.05) is 26.0 Å². The Morgan fingerprint density at radius 2 is 2.10 bits per heavy atom. The molecule has 3 N–H and O–H groups in total. The molecular weight excluding hydrogens is 256 g/mol. The summed E-state index contributed by atoms with van der Waals surface area (Å²) < 4.78 is 10.9. The highest BCUT2D eigenvalue weighted by molar-refractivity contribution is 5.92. The number of hydrogen-bond donors (Lipinski definition) is 2. The van der Waals surface area contributed by atoms with Gasteiger partial charge in [0.05, 0.1) is 19.1 Å². The zero-order valence-corrected chi connectivity index (χ0v) is 12.0. The summed E-state index contributed by atoms with van der Waals surface area (Å²) in [5.74, 6) is -0.0183. The first-order chi connectivity index (χ1) is 9.61. The van der Waals surface area contributed by atoms with Crippen LogP contribution in [0.25, 0.3) is 0 Å². The number of anilines is 1. The van der Waals surface area contributed by atoms with Crippen molar-refractivity contribution in [2.24, 2.45) is 17.6 Å². The van der Waals surface area contributed by atoms with Gasteiger partial charge in [0.15, 0.2) is 6.29 Å². The lowest BCUT2D eigenvalue weighted by atomic mass is 9.95. The molecule has 0 radical (unpaired) electrons. The first kappa shape index (κ1) is 15.0. The Labute approximate surface area is 119 Å². The van der Waals surface area contributed by atoms with E-state index in [1.807, 2.05) is 38.1 Å². The van der Waals surface area contributed by atoms with Crippen LogP contribution in [-0.2, 0) is 14.3 Å². The van der Waals surface area contributed by atoms with Crippen LogP contribution in [0.2, 0.25) is 0 Å². The fourth-order valence-electron chi connectivity index (χ4n) is 2.23. The predicted molar refractivity (Wildman–Crippen MR) is 77.1 cm³/mol. The SMILES string of the molecule is CC(C)C(CN)C(=O)Nc1cccc(C2OCCO2)c1. The van der Waals surface area contributed by atoms with Crippen molar-refractivity contribution in [3.63, 3.8) is 0 Å². The Morgan fingerprint density at radius 3 is 2.70 bits per heavy atom. The molecule has 0 aliphatic carbocycles. The van der Waals surface area contributed by atoms with E-state index < -0.39 is 0 Å². The molecule has 0 aromatic heterocycles. The Morgan fingerprint density at radius 1 is 1.40 bits per heavy atom. The summed E-state index contributed by atoms with van der Waals surface area (Å²) >= 11 is 0. The molecule has 1 fully saturated rings. The lowest BCUT2D eigenvalue weighted by Crippen LogP contribution is -2.33. The van der Waals surface area contributed by atoms with Crippen molar-refractivity contribution in [2.45, 2.75) is 20.1 Å². The van der Waals surface area contributed by atoms with Crippen LogP contribution < -0.4 is 11.1 Å². The van der Waals surface area contributed by atoms with Crippen LogP contribution >= 0.6 is 0 Å². The van der Waals surface area contributed by atoms with Crippen LogP contribution in [-0.4, -0.2) is 25.7 Å². The maximum atomic E-state index is 12.2. The van der Waals surface area contributed by atoms with Gasteiger partial charge in [-0.3, -0.25) is 4.79 Å². The van der Waals surface area contributed by atoms with E-state index in [4.69, 9.17) is 15.2 Å². The van der Waals surface area contributed by atoms with Gasteiger partial charge in [-0.2, -0.15) is 0 Å². The van der Waals surface area contributed by atoms with E-state index >= 15 is 0 Å². The van der Waals surface area contributed by atoms with Gasteiger partial charge < -0.3 is 20.5 Å². The Bertz CT molecular complexity index is 456. The predicted octanol–water partition coefficient (Wildman–Crippen LogP) is 1.90. The van der Waals surface area contributed by atoms with Crippen LogP contribution in [0.1, 0.15) is 25.7 Å². The molecule has 1 amide bonds. The first-order valence-electron chi connectivity index (χ1n) is 6.96. The number of benzene rings is 1. The number of hydrogen-bond acceptors (Lipinski definition) is 4. The van der Waals surface area contributed by atoms with Crippen molar-refractivity contribution < 1.29 is 14.3 Å². The Kier molecular flexibility index (Phi) is 5.11. The van der Waals surface area contributed by atoms with Crippen molar-refractivity contribution >= 4 is 11.6 Å². The van der Waals surface area contributed by atoms with E-state index in [1.165, 1.54) is 0 Å². The van der Waals surface area contributed by atoms with E-state index in [2.05, 4.69) is 5.32 Å². The second-order valence-electron chi connectivity index (χ2n) is 5.27. The molecule has 0 saturated carbocycles. The molecule has 0 bridgehead atoms. The average Bonchev–Trinajstić information content (AvgIpc) is 2.93. The number of amides is 1. The Balaban J connectivity index is 2.05. The second-order valence-corrected chi connectivity index (χ2v) is 5.27. The van der Waals surface area contributed by atoms with Gasteiger partial charge in [-0.25, -0.2) is 0 Å². The highest BCUT2D eigenvalue weighted by Gasteiger charge is 2.22. The largest absolute Gasteiger partial charge is 0.346 e. The number of carbonyl (C=O) groups is 1. The molecule has 1 aliphatic rings. The summed E-state index contributed by atoms with van der Waals surface area (Å²) in [5.41, 5.74) is 7.31. The van der Waals surface area contributed by atoms with E-state index in [0.29, 0.717) is 19.8 Å². The van der Waals surface area contributed by atoms with Crippen molar-refractivity contribution in [1.29, 1.82) is 0 Å². The summed E-state index contributed by atoms with van der Waals surface area (Å²) in [6, 6.07) is 7.53. The van der Waals surface area contributed by atoms with Crippen molar-refractivity contribution in [3.8, 4) is 0 Å². The molecule has 110 valence electrons. The number of carbonyl (C=O) groups excluding carboxylic acids is 1. The van der Waals surface area contributed by atoms with Crippen LogP contribution in [0.4, 0.5) is 5.69 Å². The summed E-state index contributed by atoms with van der Waals surface area (Å²) in [4.78, 5) is 12.2. The normalized spacial score (nSPS) is 17.4. The average molecular weight is 278 g/mol. The third-order valence-corrected chi connectivity index (χ3v) is 3.44. The number of rotatable bonds is 5. The van der Waals surface area contributed by atoms with Crippen LogP contribution in [0.5, 0.6) is 0 Å². The molecule has 5 heteroatoms. The van der Waals surface area contributed by atoms with Crippen molar-refractivity contribution in [1.82, 2.24) is 0 Å². The molecule has 1 saturated heterocycles. The van der Waals surface area contributed by atoms with E-state index in [-0.39, 0.29) is 24.0 Å². The fraction of sp³-hybridized carbons (Fsp3) is 0.533. The molecule has 1 aliphatic heterocycles. The van der Waals surface area contributed by atoms with E-state index in [1.54, 1.807) is 0 Å². The minimum Gasteiger partial charge on any atom is -0.346 e. The molecule has 20 heavy (non-hydrogen) atoms. The first-order valence-corrected chi connectivity index (χ1v) is 6.96. The third-order valence-electron chi connectivity index (χ3n) is 3.44. The summed E-state index contributed by atoms with van der Waals surface area (Å²) in [7, 11) is 0. The van der Waals surface area contributed by atoms with Crippen molar-refractivity contribution in [3.05, 3.63) is 29.8 Å². The van der Waals surface area contributed by atoms with Gasteiger partial charge in [-0.05, 0) is 18.1 Å². The molecule has 2 rings (SSSR count). The van der Waals surface area contributed by atoms with Gasteiger partial charge in [0.25, 0.3) is 0 Å². The fourth-order valence-corrected chi connectivity index (χ4v) is 2.23. The maximum absolute atomic E-state index is 12.2. The molecule has 5 nitrogen and oxygen atoms in total. The minimum atomic E-state index is -0.331.